The zero-order valence-electron chi connectivity index (χ0n) is 16.5. The fourth-order valence-electron chi connectivity index (χ4n) is 3.51. The van der Waals surface area contributed by atoms with Gasteiger partial charge >= 0.3 is 0 Å². The van der Waals surface area contributed by atoms with Crippen LogP contribution in [0.1, 0.15) is 37.0 Å². The van der Waals surface area contributed by atoms with Crippen LogP contribution >= 0.6 is 11.6 Å². The Morgan fingerprint density at radius 2 is 2.00 bits per heavy atom. The Morgan fingerprint density at radius 1 is 1.28 bits per heavy atom. The minimum Gasteiger partial charge on any atom is -0.334 e. The molecule has 0 N–H and O–H groups in total. The Balaban J connectivity index is 1.63. The predicted octanol–water partition coefficient (Wildman–Crippen LogP) is 3.42. The van der Waals surface area contributed by atoms with Crippen molar-refractivity contribution in [2.45, 2.75) is 51.1 Å². The molecule has 0 bridgehead atoms. The third kappa shape index (κ3) is 3.70. The van der Waals surface area contributed by atoms with Gasteiger partial charge in [-0.1, -0.05) is 35.8 Å². The maximum atomic E-state index is 13.2. The molecule has 0 aliphatic heterocycles. The topological polar surface area (TPSA) is 94.1 Å². The van der Waals surface area contributed by atoms with Gasteiger partial charge in [0.25, 0.3) is 5.89 Å². The van der Waals surface area contributed by atoms with E-state index in [0.717, 1.165) is 12.8 Å². The van der Waals surface area contributed by atoms with Gasteiger partial charge in [0, 0.05) is 12.6 Å². The van der Waals surface area contributed by atoms with Gasteiger partial charge in [0.2, 0.25) is 10.0 Å². The first-order valence-electron chi connectivity index (χ1n) is 9.46. The van der Waals surface area contributed by atoms with Crippen LogP contribution < -0.4 is 0 Å². The van der Waals surface area contributed by atoms with E-state index in [1.165, 1.54) is 0 Å². The van der Waals surface area contributed by atoms with Crippen LogP contribution in [0.3, 0.4) is 0 Å². The summed E-state index contributed by atoms with van der Waals surface area (Å²) in [5, 5.41) is 8.94. The number of sulfonamides is 1. The van der Waals surface area contributed by atoms with E-state index >= 15 is 0 Å². The molecule has 1 saturated carbocycles. The van der Waals surface area contributed by atoms with Crippen LogP contribution in [0.15, 0.2) is 33.7 Å². The maximum Gasteiger partial charge on any atom is 0.259 e. The number of aryl methyl sites for hydroxylation is 1. The molecule has 29 heavy (non-hydrogen) atoms. The van der Waals surface area contributed by atoms with E-state index in [0.29, 0.717) is 40.2 Å². The molecule has 0 amide bonds. The van der Waals surface area contributed by atoms with E-state index in [2.05, 4.69) is 15.2 Å². The first-order chi connectivity index (χ1) is 13.8. The monoisotopic (exact) mass is 435 g/mol. The molecule has 1 fully saturated rings. The standard InChI is InChI=1S/C19H22ClN5O3S/c1-4-25(14-9-10-14)29(26,27)18-12(2)22-24(13(18)3)11-17-21-19(28-23-17)15-7-5-6-8-16(15)20/h5-8,14H,4,9-11H2,1-3H3. The van der Waals surface area contributed by atoms with Gasteiger partial charge in [0.15, 0.2) is 5.82 Å². The molecule has 0 atom stereocenters. The summed E-state index contributed by atoms with van der Waals surface area (Å²) in [6, 6.07) is 7.30. The number of halogens is 1. The molecule has 1 aliphatic rings. The summed E-state index contributed by atoms with van der Waals surface area (Å²) in [5.74, 6) is 0.704. The van der Waals surface area contributed by atoms with Crippen molar-refractivity contribution in [2.24, 2.45) is 0 Å². The van der Waals surface area contributed by atoms with Crippen molar-refractivity contribution in [3.8, 4) is 11.5 Å². The quantitative estimate of drug-likeness (QED) is 0.564. The van der Waals surface area contributed by atoms with Gasteiger partial charge in [-0.15, -0.1) is 0 Å². The van der Waals surface area contributed by atoms with Gasteiger partial charge in [-0.3, -0.25) is 4.68 Å². The summed E-state index contributed by atoms with van der Waals surface area (Å²) in [4.78, 5) is 4.65. The molecule has 2 heterocycles. The number of benzene rings is 1. The summed E-state index contributed by atoms with van der Waals surface area (Å²) in [5.41, 5.74) is 1.68. The second kappa shape index (κ2) is 7.55. The minimum atomic E-state index is -3.60. The summed E-state index contributed by atoms with van der Waals surface area (Å²) in [6.45, 7) is 5.97. The number of aromatic nitrogens is 4. The fourth-order valence-corrected chi connectivity index (χ4v) is 5.80. The summed E-state index contributed by atoms with van der Waals surface area (Å²) in [6.07, 6.45) is 1.82. The van der Waals surface area contributed by atoms with Crippen LogP contribution in [0.5, 0.6) is 0 Å². The van der Waals surface area contributed by atoms with Crippen molar-refractivity contribution >= 4 is 21.6 Å². The lowest BCUT2D eigenvalue weighted by Crippen LogP contribution is -2.33. The largest absolute Gasteiger partial charge is 0.334 e. The molecule has 0 radical (unpaired) electrons. The van der Waals surface area contributed by atoms with Crippen LogP contribution in [-0.4, -0.2) is 45.2 Å². The maximum absolute atomic E-state index is 13.2. The van der Waals surface area contributed by atoms with Gasteiger partial charge in [0.1, 0.15) is 11.4 Å². The van der Waals surface area contributed by atoms with Crippen molar-refractivity contribution < 1.29 is 12.9 Å². The van der Waals surface area contributed by atoms with Crippen LogP contribution in [-0.2, 0) is 16.6 Å². The average Bonchev–Trinajstić information content (AvgIpc) is 3.31. The molecular weight excluding hydrogens is 414 g/mol. The van der Waals surface area contributed by atoms with Gasteiger partial charge < -0.3 is 4.52 Å². The zero-order valence-corrected chi connectivity index (χ0v) is 18.0. The molecule has 4 rings (SSSR count). The molecule has 0 saturated heterocycles. The first kappa shape index (κ1) is 20.1. The SMILES string of the molecule is CCN(C1CC1)S(=O)(=O)c1c(C)nn(Cc2noc(-c3ccccc3Cl)n2)c1C. The van der Waals surface area contributed by atoms with E-state index in [9.17, 15) is 8.42 Å². The van der Waals surface area contributed by atoms with E-state index in [1.54, 1.807) is 35.0 Å². The zero-order chi connectivity index (χ0) is 20.8. The molecular formula is C19H22ClN5O3S. The highest BCUT2D eigenvalue weighted by Crippen LogP contribution is 2.34. The molecule has 2 aromatic heterocycles. The van der Waals surface area contributed by atoms with Crippen LogP contribution in [0.4, 0.5) is 0 Å². The molecule has 10 heteroatoms. The van der Waals surface area contributed by atoms with Gasteiger partial charge in [-0.2, -0.15) is 14.4 Å². The Labute approximate surface area is 174 Å². The van der Waals surface area contributed by atoms with E-state index in [4.69, 9.17) is 16.1 Å². The van der Waals surface area contributed by atoms with Crippen molar-refractivity contribution in [1.82, 2.24) is 24.2 Å². The Kier molecular flexibility index (Phi) is 5.22. The van der Waals surface area contributed by atoms with Gasteiger partial charge in [-0.25, -0.2) is 8.42 Å². The molecule has 8 nitrogen and oxygen atoms in total. The smallest absolute Gasteiger partial charge is 0.259 e. The number of rotatable bonds is 7. The number of nitrogens with zero attached hydrogens (tertiary/aromatic N) is 5. The second-order valence-corrected chi connectivity index (χ2v) is 9.33. The third-order valence-electron chi connectivity index (χ3n) is 5.01. The Bertz CT molecular complexity index is 1150. The minimum absolute atomic E-state index is 0.0996. The van der Waals surface area contributed by atoms with Crippen molar-refractivity contribution in [3.05, 3.63) is 46.5 Å². The lowest BCUT2D eigenvalue weighted by atomic mass is 10.2. The Morgan fingerprint density at radius 3 is 2.66 bits per heavy atom. The highest BCUT2D eigenvalue weighted by atomic mass is 35.5. The summed E-state index contributed by atoms with van der Waals surface area (Å²) in [7, 11) is -3.60. The molecule has 1 aromatic carbocycles. The lowest BCUT2D eigenvalue weighted by molar-refractivity contribution is 0.417. The van der Waals surface area contributed by atoms with E-state index in [-0.39, 0.29) is 17.5 Å². The highest BCUT2D eigenvalue weighted by Gasteiger charge is 2.39. The van der Waals surface area contributed by atoms with Crippen molar-refractivity contribution in [1.29, 1.82) is 0 Å². The van der Waals surface area contributed by atoms with Crippen molar-refractivity contribution in [3.63, 3.8) is 0 Å². The van der Waals surface area contributed by atoms with Gasteiger partial charge in [-0.05, 0) is 38.8 Å². The highest BCUT2D eigenvalue weighted by molar-refractivity contribution is 7.89. The number of hydrogen-bond acceptors (Lipinski definition) is 6. The molecule has 0 unspecified atom stereocenters. The number of hydrogen-bond donors (Lipinski definition) is 0. The molecule has 0 spiro atoms. The Hall–Kier alpha value is -2.23. The first-order valence-corrected chi connectivity index (χ1v) is 11.3. The summed E-state index contributed by atoms with van der Waals surface area (Å²) >= 11 is 6.19. The average molecular weight is 436 g/mol. The van der Waals surface area contributed by atoms with Crippen molar-refractivity contribution in [2.75, 3.05) is 6.54 Å². The van der Waals surface area contributed by atoms with E-state index < -0.39 is 10.0 Å². The normalized spacial score (nSPS) is 14.7. The molecule has 154 valence electrons. The second-order valence-electron chi connectivity index (χ2n) is 7.09. The van der Waals surface area contributed by atoms with Crippen LogP contribution in [0.25, 0.3) is 11.5 Å². The van der Waals surface area contributed by atoms with Gasteiger partial charge in [0.05, 0.1) is 22.0 Å². The fraction of sp³-hybridized carbons (Fsp3) is 0.421. The summed E-state index contributed by atoms with van der Waals surface area (Å²) < 4.78 is 34.9. The lowest BCUT2D eigenvalue weighted by Gasteiger charge is -2.20. The molecule has 1 aliphatic carbocycles. The van der Waals surface area contributed by atoms with Crippen LogP contribution in [0.2, 0.25) is 5.02 Å². The van der Waals surface area contributed by atoms with E-state index in [1.807, 2.05) is 19.1 Å². The molecule has 3 aromatic rings. The third-order valence-corrected chi connectivity index (χ3v) is 7.62. The predicted molar refractivity (Wildman–Crippen MR) is 108 cm³/mol. The van der Waals surface area contributed by atoms with Crippen LogP contribution in [0, 0.1) is 13.8 Å².